The molecular weight excluding hydrogens is 1450 g/mol. The Morgan fingerprint density at radius 1 is 0.482 bits per heavy atom. The van der Waals surface area contributed by atoms with Gasteiger partial charge in [-0.1, -0.05) is 95.3 Å². The van der Waals surface area contributed by atoms with Crippen LogP contribution in [0.5, 0.6) is 0 Å². The first-order valence-corrected chi connectivity index (χ1v) is 37.6. The van der Waals surface area contributed by atoms with Gasteiger partial charge in [-0.25, -0.2) is 0 Å². The third-order valence-electron chi connectivity index (χ3n) is 19.4. The smallest absolute Gasteiger partial charge is 0.248 e. The van der Waals surface area contributed by atoms with Crippen molar-refractivity contribution in [1.29, 1.82) is 0 Å². The van der Waals surface area contributed by atoms with Gasteiger partial charge in [0, 0.05) is 45.7 Å². The number of nitrogens with zero attached hydrogens (tertiary/aromatic N) is 2. The minimum absolute atomic E-state index is 0.0162. The highest BCUT2D eigenvalue weighted by atomic mass is 16.3. The Kier molecular flexibility index (Phi) is 33.1. The highest BCUT2D eigenvalue weighted by Crippen LogP contribution is 2.28. The molecule has 2 fully saturated rings. The monoisotopic (exact) mass is 1570 g/mol. The summed E-state index contributed by atoms with van der Waals surface area (Å²) in [4.78, 5) is 223. The third kappa shape index (κ3) is 27.1. The molecule has 35 heteroatoms. The summed E-state index contributed by atoms with van der Waals surface area (Å²) < 4.78 is 0. The fraction of sp³-hybridized carbons (Fsp3) is 0.636. The van der Waals surface area contributed by atoms with E-state index in [1.165, 1.54) is 96.9 Å². The summed E-state index contributed by atoms with van der Waals surface area (Å²) in [7, 11) is 0. The van der Waals surface area contributed by atoms with Crippen LogP contribution in [0.1, 0.15) is 181 Å². The van der Waals surface area contributed by atoms with E-state index in [1.807, 2.05) is 18.2 Å². The molecule has 0 saturated carbocycles. The molecule has 4 rings (SSSR count). The Bertz CT molecular complexity index is 3770. The SMILES string of the molecule is CC[C@](C)(NC(=O)[C@H](CCC(N)=O)NC(=O)[C@@H]1C[C@@H](O)CN1C(=O)C(C)(C)NC(=O)C(C)(C)NC(=O)[C@H](CC(C)C)NC(=O)CNC(=O)[C@@H](NC(=O)C(C)(C)NC(=O)C(C)(C)NC(=O)C(C)(C)NC(=O)[C@H](Cc1ccccc1)NC(C)=O)C(C)C)C(=O)N1C[C@H](O)C[C@H]1C(=O)NC(C)(C)C(=O)N[C@H](CO)Cc1ccccc1. The van der Waals surface area contributed by atoms with E-state index >= 15 is 0 Å². The Labute approximate surface area is 654 Å². The maximum absolute atomic E-state index is 14.6. The van der Waals surface area contributed by atoms with Crippen LogP contribution in [-0.4, -0.2) is 239 Å². The van der Waals surface area contributed by atoms with Gasteiger partial charge in [0.2, 0.25) is 94.5 Å². The van der Waals surface area contributed by atoms with Crippen LogP contribution in [0.4, 0.5) is 0 Å². The Morgan fingerprint density at radius 3 is 1.38 bits per heavy atom. The van der Waals surface area contributed by atoms with Crippen LogP contribution in [0.2, 0.25) is 0 Å². The normalized spacial score (nSPS) is 18.0. The van der Waals surface area contributed by atoms with E-state index in [2.05, 4.69) is 69.1 Å². The maximum atomic E-state index is 14.6. The molecule has 35 nitrogen and oxygen atoms in total. The van der Waals surface area contributed by atoms with E-state index in [9.17, 15) is 92.0 Å². The van der Waals surface area contributed by atoms with Crippen molar-refractivity contribution in [1.82, 2.24) is 78.9 Å². The number of carbonyl (C=O) groups is 16. The summed E-state index contributed by atoms with van der Waals surface area (Å²) in [6, 6.07) is 9.12. The molecule has 622 valence electrons. The van der Waals surface area contributed by atoms with Gasteiger partial charge in [0.15, 0.2) is 0 Å². The van der Waals surface area contributed by atoms with Crippen molar-refractivity contribution < 1.29 is 92.0 Å². The second kappa shape index (κ2) is 39.3. The van der Waals surface area contributed by atoms with E-state index in [4.69, 9.17) is 5.73 Å². The van der Waals surface area contributed by atoms with Gasteiger partial charge < -0.3 is 100.0 Å². The highest BCUT2D eigenvalue weighted by Gasteiger charge is 2.51. The molecule has 2 aromatic rings. The maximum Gasteiger partial charge on any atom is 0.248 e. The molecule has 2 heterocycles. The van der Waals surface area contributed by atoms with Crippen LogP contribution >= 0.6 is 0 Å². The number of benzene rings is 2. The number of aliphatic hydroxyl groups is 3. The zero-order chi connectivity index (χ0) is 85.1. The number of primary amides is 1. The first-order chi connectivity index (χ1) is 51.6. The van der Waals surface area contributed by atoms with Crippen LogP contribution in [0, 0.1) is 11.8 Å². The standard InChI is InChI=1S/C77H120N16O19/c1-20-77(19,70(112)93-40-49(97)37-54(93)62(104)87-71(7,8)64(106)81-47(41-94)34-45-27-23-21-24-28-45)88-58(100)50(31-32-55(78)98)83-61(103)53-36-48(96)39-92(53)69(111)76(17,18)91-67(109)74(13,14)85-59(101)51(33-42(2)3)82-56(99)38-79-63(105)57(43(4)5)84-65(107)72(9,10)89-68(110)75(15,16)90-66(108)73(11,12)86-60(102)52(80-44(6)95)35-46-29-25-22-26-30-46/h21-30,42-43,47-54,57,94,96-97H,20,31-41H2,1-19H3,(H2,78,98)(H,79,105)(H,80,95)(H,81,106)(H,82,99)(H,83,103)(H,84,107)(H,85,101)(H,86,102)(H,87,104)(H,88,100)(H,89,110)(H,90,108)(H,91,109)/t47-,48+,49+,50-,51-,52-,53-,54-,57-,77-/m0/s1. The lowest BCUT2D eigenvalue weighted by atomic mass is 9.94. The summed E-state index contributed by atoms with van der Waals surface area (Å²) >= 11 is 0. The first-order valence-electron chi connectivity index (χ1n) is 37.6. The third-order valence-corrected chi connectivity index (χ3v) is 19.4. The number of nitrogens with one attached hydrogen (secondary N) is 13. The van der Waals surface area contributed by atoms with Crippen molar-refractivity contribution in [3.05, 3.63) is 71.8 Å². The molecule has 2 aliphatic rings. The van der Waals surface area contributed by atoms with Gasteiger partial charge in [0.25, 0.3) is 0 Å². The average molecular weight is 1570 g/mol. The molecule has 0 aromatic heterocycles. The number of rotatable bonds is 39. The summed E-state index contributed by atoms with van der Waals surface area (Å²) in [5, 5.41) is 65.8. The number of nitrogens with two attached hydrogens (primary N) is 1. The van der Waals surface area contributed by atoms with Crippen molar-refractivity contribution in [2.24, 2.45) is 17.6 Å². The molecule has 10 atom stereocenters. The van der Waals surface area contributed by atoms with Crippen molar-refractivity contribution in [3.8, 4) is 0 Å². The van der Waals surface area contributed by atoms with Crippen LogP contribution in [0.3, 0.4) is 0 Å². The van der Waals surface area contributed by atoms with E-state index in [0.717, 1.165) is 20.9 Å². The van der Waals surface area contributed by atoms with E-state index < -0.39 is 226 Å². The fourth-order valence-electron chi connectivity index (χ4n) is 12.4. The summed E-state index contributed by atoms with van der Waals surface area (Å²) in [5.74, 6) is -14.0. The number of β-amino-alcohol motifs (C(OH)–C–C–N with tert-alkyl or cyclic N) is 2. The lowest BCUT2D eigenvalue weighted by Gasteiger charge is -2.37. The van der Waals surface area contributed by atoms with Crippen molar-refractivity contribution in [2.75, 3.05) is 26.2 Å². The lowest BCUT2D eigenvalue weighted by Crippen LogP contribution is -2.67. The van der Waals surface area contributed by atoms with Gasteiger partial charge in [-0.3, -0.25) is 76.7 Å². The molecule has 0 unspecified atom stereocenters. The molecule has 0 bridgehead atoms. The number of carbonyl (C=O) groups excluding carboxylic acids is 16. The number of amides is 16. The largest absolute Gasteiger partial charge is 0.394 e. The van der Waals surface area contributed by atoms with Crippen LogP contribution in [0.25, 0.3) is 0 Å². The van der Waals surface area contributed by atoms with Gasteiger partial charge in [-0.2, -0.15) is 0 Å². The number of hydrogen-bond acceptors (Lipinski definition) is 19. The Balaban J connectivity index is 1.39. The number of aliphatic hydroxyl groups excluding tert-OH is 3. The van der Waals surface area contributed by atoms with Crippen molar-refractivity contribution in [2.45, 2.75) is 276 Å². The Hall–Kier alpha value is -10.2. The zero-order valence-electron chi connectivity index (χ0n) is 68.0. The van der Waals surface area contributed by atoms with Gasteiger partial charge in [-0.05, 0) is 139 Å². The van der Waals surface area contributed by atoms with Gasteiger partial charge in [0.1, 0.15) is 75.0 Å². The van der Waals surface area contributed by atoms with E-state index in [0.29, 0.717) is 0 Å². The molecule has 0 aliphatic carbocycles. The van der Waals surface area contributed by atoms with E-state index in [1.54, 1.807) is 77.1 Å². The molecule has 2 saturated heterocycles. The molecule has 16 amide bonds. The Morgan fingerprint density at radius 2 is 0.911 bits per heavy atom. The second-order valence-corrected chi connectivity index (χ2v) is 33.2. The summed E-state index contributed by atoms with van der Waals surface area (Å²) in [5.41, 5.74) is -5.18. The van der Waals surface area contributed by atoms with Gasteiger partial charge >= 0.3 is 0 Å². The highest BCUT2D eigenvalue weighted by molar-refractivity contribution is 6.03. The van der Waals surface area contributed by atoms with E-state index in [-0.39, 0.29) is 51.0 Å². The molecular formula is C77H120N16O19. The summed E-state index contributed by atoms with van der Waals surface area (Å²) in [6.45, 7) is 25.3. The molecule has 0 spiro atoms. The predicted molar refractivity (Wildman–Crippen MR) is 411 cm³/mol. The zero-order valence-corrected chi connectivity index (χ0v) is 68.0. The number of likely N-dealkylation sites (tertiary alicyclic amines) is 2. The van der Waals surface area contributed by atoms with Crippen LogP contribution in [-0.2, 0) is 89.6 Å². The number of hydrogen-bond donors (Lipinski definition) is 17. The molecule has 112 heavy (non-hydrogen) atoms. The minimum Gasteiger partial charge on any atom is -0.394 e. The molecule has 0 radical (unpaired) electrons. The van der Waals surface area contributed by atoms with Crippen LogP contribution < -0.4 is 74.9 Å². The average Bonchev–Trinajstić information content (AvgIpc) is 1.60. The topological polar surface area (TPSA) is 523 Å². The summed E-state index contributed by atoms with van der Waals surface area (Å²) in [6.07, 6.45) is -3.74. The lowest BCUT2D eigenvalue weighted by molar-refractivity contribution is -0.147. The fourth-order valence-corrected chi connectivity index (χ4v) is 12.4. The first kappa shape index (κ1) is 94.2. The molecule has 2 aromatic carbocycles. The quantitative estimate of drug-likeness (QED) is 0.0331. The minimum atomic E-state index is -1.90. The molecule has 2 aliphatic heterocycles. The molecule has 18 N–H and O–H groups in total. The van der Waals surface area contributed by atoms with Crippen molar-refractivity contribution >= 4 is 94.5 Å². The van der Waals surface area contributed by atoms with Gasteiger partial charge in [-0.15, -0.1) is 0 Å². The van der Waals surface area contributed by atoms with Gasteiger partial charge in [0.05, 0.1) is 31.4 Å². The second-order valence-electron chi connectivity index (χ2n) is 33.2. The van der Waals surface area contributed by atoms with Crippen molar-refractivity contribution in [3.63, 3.8) is 0 Å². The predicted octanol–water partition coefficient (Wildman–Crippen LogP) is -2.43. The van der Waals surface area contributed by atoms with Crippen LogP contribution in [0.15, 0.2) is 60.7 Å².